The molecule has 0 amide bonds. The van der Waals surface area contributed by atoms with E-state index in [0.717, 1.165) is 100 Å². The number of aryl methyl sites for hydroxylation is 1. The highest BCUT2D eigenvalue weighted by Gasteiger charge is 2.46. The first-order chi connectivity index (χ1) is 28.0. The van der Waals surface area contributed by atoms with Gasteiger partial charge in [0.25, 0.3) is 0 Å². The maximum absolute atomic E-state index is 7.30. The van der Waals surface area contributed by atoms with Gasteiger partial charge in [-0.2, -0.15) is 0 Å². The van der Waals surface area contributed by atoms with Crippen molar-refractivity contribution >= 4 is 32.6 Å². The molecule has 0 saturated carbocycles. The van der Waals surface area contributed by atoms with Crippen molar-refractivity contribution in [2.75, 3.05) is 33.3 Å². The molecule has 0 radical (unpaired) electrons. The van der Waals surface area contributed by atoms with Crippen molar-refractivity contribution in [2.45, 2.75) is 83.6 Å². The van der Waals surface area contributed by atoms with Gasteiger partial charge in [-0.3, -0.25) is 19.8 Å². The van der Waals surface area contributed by atoms with Crippen molar-refractivity contribution in [3.8, 4) is 17.5 Å². The Morgan fingerprint density at radius 3 is 1.67 bits per heavy atom. The molecule has 294 valence electrons. The zero-order valence-electron chi connectivity index (χ0n) is 33.7. The van der Waals surface area contributed by atoms with Gasteiger partial charge in [0.1, 0.15) is 18.0 Å². The number of benzene rings is 3. The van der Waals surface area contributed by atoms with Gasteiger partial charge in [0, 0.05) is 47.4 Å². The molecule has 57 heavy (non-hydrogen) atoms. The maximum atomic E-state index is 7.30. The molecule has 6 aliphatic heterocycles. The summed E-state index contributed by atoms with van der Waals surface area (Å²) in [5.41, 5.74) is 5.38. The largest absolute Gasteiger partial charge is 0.497 e. The standard InChI is InChI=1S/C48H54N6O3/c1-5-30-27-53-21-17-32(30)24-43(53)45(35-15-19-49-41-13-11-29(3)23-39(35)41)56-47-37-9-7-8-10-38(37)48(52-51-47)57-46(44-25-33-18-22-54(44)28-31(33)6-2)36-16-20-50-42-14-12-34(55-4)26-40(36)42/h7-16,19-20,23,26,30-33,43-46H,5-6,17-18,21-22,24-25,27-28H2,1-4H3. The van der Waals surface area contributed by atoms with E-state index in [4.69, 9.17) is 34.4 Å². The van der Waals surface area contributed by atoms with Gasteiger partial charge >= 0.3 is 0 Å². The lowest BCUT2D eigenvalue weighted by atomic mass is 9.72. The van der Waals surface area contributed by atoms with Crippen molar-refractivity contribution in [1.29, 1.82) is 0 Å². The Morgan fingerprint density at radius 1 is 0.649 bits per heavy atom. The third kappa shape index (κ3) is 6.57. The van der Waals surface area contributed by atoms with Crippen molar-refractivity contribution in [2.24, 2.45) is 23.7 Å². The normalized spacial score (nSPS) is 27.8. The van der Waals surface area contributed by atoms with Crippen LogP contribution in [0.4, 0.5) is 0 Å². The first-order valence-corrected chi connectivity index (χ1v) is 21.3. The van der Waals surface area contributed by atoms with Crippen molar-refractivity contribution in [3.63, 3.8) is 0 Å². The average molecular weight is 763 g/mol. The summed E-state index contributed by atoms with van der Waals surface area (Å²) in [6, 6.07) is 25.7. The Balaban J connectivity index is 1.06. The molecule has 0 aliphatic carbocycles. The first kappa shape index (κ1) is 36.5. The van der Waals surface area contributed by atoms with Crippen LogP contribution in [0.1, 0.15) is 81.3 Å². The van der Waals surface area contributed by atoms with E-state index in [1.165, 1.54) is 31.2 Å². The summed E-state index contributed by atoms with van der Waals surface area (Å²) in [5, 5.41) is 13.9. The minimum absolute atomic E-state index is 0.190. The Morgan fingerprint density at radius 2 is 1.18 bits per heavy atom. The van der Waals surface area contributed by atoms with Crippen LogP contribution in [-0.4, -0.2) is 75.3 Å². The molecule has 6 aromatic rings. The van der Waals surface area contributed by atoms with E-state index in [1.807, 2.05) is 24.5 Å². The fourth-order valence-electron chi connectivity index (χ4n) is 11.1. The van der Waals surface area contributed by atoms with Gasteiger partial charge in [-0.25, -0.2) is 0 Å². The van der Waals surface area contributed by atoms with E-state index in [9.17, 15) is 0 Å². The van der Waals surface area contributed by atoms with E-state index in [2.05, 4.69) is 91.2 Å². The van der Waals surface area contributed by atoms with Gasteiger partial charge in [-0.05, 0) is 124 Å². The van der Waals surface area contributed by atoms with Gasteiger partial charge in [0.2, 0.25) is 11.8 Å². The van der Waals surface area contributed by atoms with Crippen LogP contribution in [0, 0.1) is 30.6 Å². The molecular weight excluding hydrogens is 709 g/mol. The highest BCUT2D eigenvalue weighted by atomic mass is 16.5. The van der Waals surface area contributed by atoms with E-state index in [0.29, 0.717) is 23.6 Å². The number of aromatic nitrogens is 4. The van der Waals surface area contributed by atoms with E-state index in [1.54, 1.807) is 7.11 Å². The molecule has 3 aromatic heterocycles. The van der Waals surface area contributed by atoms with E-state index in [-0.39, 0.29) is 24.3 Å². The first-order valence-electron chi connectivity index (χ1n) is 21.3. The van der Waals surface area contributed by atoms with Crippen LogP contribution in [0.2, 0.25) is 0 Å². The summed E-state index contributed by atoms with van der Waals surface area (Å²) in [7, 11) is 1.72. The molecule has 12 rings (SSSR count). The molecule has 3 aromatic carbocycles. The number of piperidine rings is 6. The quantitative estimate of drug-likeness (QED) is 0.128. The number of nitrogens with zero attached hydrogens (tertiary/aromatic N) is 6. The zero-order chi connectivity index (χ0) is 38.6. The molecule has 6 fully saturated rings. The fourth-order valence-corrected chi connectivity index (χ4v) is 11.1. The summed E-state index contributed by atoms with van der Waals surface area (Å²) >= 11 is 0. The smallest absolute Gasteiger partial charge is 0.242 e. The molecule has 4 bridgehead atoms. The molecule has 10 unspecified atom stereocenters. The lowest BCUT2D eigenvalue weighted by molar-refractivity contribution is -0.0505. The number of fused-ring (bicyclic) bond motifs is 9. The predicted molar refractivity (Wildman–Crippen MR) is 225 cm³/mol. The van der Waals surface area contributed by atoms with Crippen LogP contribution in [0.3, 0.4) is 0 Å². The molecule has 6 saturated heterocycles. The van der Waals surface area contributed by atoms with Gasteiger partial charge in [0.05, 0.1) is 41.0 Å². The SMILES string of the molecule is CCC1CN2CCC1CC2C(Oc1nnc(OC(c2ccnc3ccc(OC)cc23)C2CC3CCN2CC3CC)c2ccccc12)c1ccnc2ccc(C)cc12. The lowest BCUT2D eigenvalue weighted by Gasteiger charge is -2.52. The second kappa shape index (κ2) is 15.1. The van der Waals surface area contributed by atoms with Crippen LogP contribution in [0.15, 0.2) is 85.2 Å². The topological polar surface area (TPSA) is 85.7 Å². The fraction of sp³-hybridized carbons (Fsp3) is 0.458. The van der Waals surface area contributed by atoms with Crippen LogP contribution >= 0.6 is 0 Å². The third-order valence-corrected chi connectivity index (χ3v) is 14.2. The lowest BCUT2D eigenvalue weighted by Crippen LogP contribution is -2.56. The summed E-state index contributed by atoms with van der Waals surface area (Å²) in [6.07, 6.45) is 10.4. The summed E-state index contributed by atoms with van der Waals surface area (Å²) in [4.78, 5) is 14.9. The van der Waals surface area contributed by atoms with Gasteiger partial charge in [0.15, 0.2) is 0 Å². The van der Waals surface area contributed by atoms with Gasteiger partial charge < -0.3 is 14.2 Å². The van der Waals surface area contributed by atoms with Crippen LogP contribution < -0.4 is 14.2 Å². The summed E-state index contributed by atoms with van der Waals surface area (Å²) in [6.45, 7) is 11.2. The second-order valence-electron chi connectivity index (χ2n) is 17.2. The maximum Gasteiger partial charge on any atom is 0.242 e. The minimum atomic E-state index is -0.288. The molecule has 0 N–H and O–H groups in total. The monoisotopic (exact) mass is 762 g/mol. The Labute approximate surface area is 335 Å². The number of hydrogen-bond acceptors (Lipinski definition) is 9. The number of ether oxygens (including phenoxy) is 3. The minimum Gasteiger partial charge on any atom is -0.497 e. The molecule has 9 nitrogen and oxygen atoms in total. The van der Waals surface area contributed by atoms with E-state index >= 15 is 0 Å². The van der Waals surface area contributed by atoms with Crippen molar-refractivity contribution < 1.29 is 14.2 Å². The molecule has 10 atom stereocenters. The number of rotatable bonds is 11. The second-order valence-corrected chi connectivity index (χ2v) is 17.2. The Hall–Kier alpha value is -4.86. The molecule has 6 aliphatic rings. The highest BCUT2D eigenvalue weighted by Crippen LogP contribution is 2.47. The van der Waals surface area contributed by atoms with Crippen LogP contribution in [0.5, 0.6) is 17.5 Å². The molecule has 0 spiro atoms. The predicted octanol–water partition coefficient (Wildman–Crippen LogP) is 9.52. The molecule has 9 heterocycles. The highest BCUT2D eigenvalue weighted by molar-refractivity contribution is 5.91. The van der Waals surface area contributed by atoms with Crippen LogP contribution in [-0.2, 0) is 0 Å². The van der Waals surface area contributed by atoms with Crippen LogP contribution in [0.25, 0.3) is 32.6 Å². The Kier molecular flexibility index (Phi) is 9.69. The van der Waals surface area contributed by atoms with Gasteiger partial charge in [-0.1, -0.05) is 50.5 Å². The average Bonchev–Trinajstić information content (AvgIpc) is 3.27. The zero-order valence-corrected chi connectivity index (χ0v) is 33.7. The number of hydrogen-bond donors (Lipinski definition) is 0. The summed E-state index contributed by atoms with van der Waals surface area (Å²) in [5.74, 6) is 4.71. The van der Waals surface area contributed by atoms with Gasteiger partial charge in [-0.15, -0.1) is 10.2 Å². The van der Waals surface area contributed by atoms with Crippen molar-refractivity contribution in [3.05, 3.63) is 102 Å². The van der Waals surface area contributed by atoms with E-state index < -0.39 is 0 Å². The summed E-state index contributed by atoms with van der Waals surface area (Å²) < 4.78 is 20.3. The van der Waals surface area contributed by atoms with Crippen molar-refractivity contribution in [1.82, 2.24) is 30.0 Å². The number of methoxy groups -OCH3 is 1. The third-order valence-electron chi connectivity index (χ3n) is 14.2. The molecule has 9 heteroatoms. The molecular formula is C48H54N6O3. The number of pyridine rings is 2. The Bertz CT molecular complexity index is 2420.